The highest BCUT2D eigenvalue weighted by Crippen LogP contribution is 2.18. The number of nitrogens with zero attached hydrogens (tertiary/aromatic N) is 1. The Morgan fingerprint density at radius 2 is 2.11 bits per heavy atom. The number of hydrogen-bond acceptors (Lipinski definition) is 3. The smallest absolute Gasteiger partial charge is 0.396 e. The van der Waals surface area contributed by atoms with Crippen molar-refractivity contribution in [2.45, 2.75) is 31.9 Å². The summed E-state index contributed by atoms with van der Waals surface area (Å²) in [7, 11) is 0. The van der Waals surface area contributed by atoms with Gasteiger partial charge in [-0.15, -0.1) is 0 Å². The van der Waals surface area contributed by atoms with Crippen molar-refractivity contribution in [1.29, 1.82) is 0 Å². The Morgan fingerprint density at radius 1 is 1.37 bits per heavy atom. The second kappa shape index (κ2) is 7.69. The van der Waals surface area contributed by atoms with E-state index < -0.39 is 18.6 Å². The largest absolute Gasteiger partial charge is 0.405 e. The Kier molecular flexibility index (Phi) is 6.57. The molecule has 1 amide bonds. The summed E-state index contributed by atoms with van der Waals surface area (Å²) in [5.41, 5.74) is 0. The SMILES string of the molecule is O=C(NCC(F)(F)F)C1CCCN(CCCCO)C1. The third-order valence-electron chi connectivity index (χ3n) is 3.22. The van der Waals surface area contributed by atoms with Crippen LogP contribution in [0.25, 0.3) is 0 Å². The first-order chi connectivity index (χ1) is 8.92. The maximum atomic E-state index is 12.0. The van der Waals surface area contributed by atoms with Gasteiger partial charge in [0.25, 0.3) is 0 Å². The number of halogens is 3. The van der Waals surface area contributed by atoms with Gasteiger partial charge in [0, 0.05) is 13.2 Å². The van der Waals surface area contributed by atoms with Gasteiger partial charge in [-0.25, -0.2) is 0 Å². The predicted octanol–water partition coefficient (Wildman–Crippen LogP) is 1.15. The average Bonchev–Trinajstić information content (AvgIpc) is 2.36. The fraction of sp³-hybridized carbons (Fsp3) is 0.917. The van der Waals surface area contributed by atoms with Crippen LogP contribution in [-0.4, -0.2) is 54.9 Å². The van der Waals surface area contributed by atoms with Gasteiger partial charge >= 0.3 is 6.18 Å². The Bertz CT molecular complexity index is 285. The van der Waals surface area contributed by atoms with E-state index in [1.54, 1.807) is 0 Å². The number of carbonyl (C=O) groups is 1. The molecule has 112 valence electrons. The topological polar surface area (TPSA) is 52.6 Å². The number of nitrogens with one attached hydrogen (secondary N) is 1. The number of rotatable bonds is 6. The van der Waals surface area contributed by atoms with Crippen LogP contribution in [0, 0.1) is 5.92 Å². The zero-order valence-electron chi connectivity index (χ0n) is 10.9. The second-order valence-corrected chi connectivity index (χ2v) is 4.90. The number of likely N-dealkylation sites (tertiary alicyclic amines) is 1. The van der Waals surface area contributed by atoms with Crippen molar-refractivity contribution in [3.63, 3.8) is 0 Å². The molecule has 19 heavy (non-hydrogen) atoms. The van der Waals surface area contributed by atoms with E-state index in [9.17, 15) is 18.0 Å². The first kappa shape index (κ1) is 16.2. The van der Waals surface area contributed by atoms with Crippen molar-refractivity contribution in [2.75, 3.05) is 32.8 Å². The molecule has 0 aromatic carbocycles. The monoisotopic (exact) mass is 282 g/mol. The van der Waals surface area contributed by atoms with Gasteiger partial charge < -0.3 is 15.3 Å². The molecule has 7 heteroatoms. The minimum atomic E-state index is -4.36. The molecule has 0 saturated carbocycles. The zero-order chi connectivity index (χ0) is 14.3. The molecule has 1 atom stereocenters. The van der Waals surface area contributed by atoms with E-state index in [1.165, 1.54) is 0 Å². The third kappa shape index (κ3) is 6.77. The summed E-state index contributed by atoms with van der Waals surface area (Å²) in [6.45, 7) is 1.05. The molecule has 1 aliphatic rings. The predicted molar refractivity (Wildman–Crippen MR) is 64.5 cm³/mol. The summed E-state index contributed by atoms with van der Waals surface area (Å²) in [6.07, 6.45) is -1.34. The molecule has 1 saturated heterocycles. The Balaban J connectivity index is 2.31. The van der Waals surface area contributed by atoms with E-state index in [1.807, 2.05) is 5.32 Å². The van der Waals surface area contributed by atoms with E-state index >= 15 is 0 Å². The van der Waals surface area contributed by atoms with E-state index in [0.717, 1.165) is 25.9 Å². The molecule has 0 aromatic heterocycles. The van der Waals surface area contributed by atoms with Gasteiger partial charge in [-0.3, -0.25) is 4.79 Å². The summed E-state index contributed by atoms with van der Waals surface area (Å²) >= 11 is 0. The van der Waals surface area contributed by atoms with Crippen LogP contribution in [0.15, 0.2) is 0 Å². The molecule has 0 radical (unpaired) electrons. The van der Waals surface area contributed by atoms with Gasteiger partial charge in [-0.1, -0.05) is 0 Å². The molecule has 1 unspecified atom stereocenters. The van der Waals surface area contributed by atoms with Crippen molar-refractivity contribution in [1.82, 2.24) is 10.2 Å². The highest BCUT2D eigenvalue weighted by atomic mass is 19.4. The number of unbranched alkanes of at least 4 members (excludes halogenated alkanes) is 1. The summed E-state index contributed by atoms with van der Waals surface area (Å²) in [5.74, 6) is -0.866. The Labute approximate surface area is 111 Å². The van der Waals surface area contributed by atoms with Gasteiger partial charge in [-0.05, 0) is 38.8 Å². The van der Waals surface area contributed by atoms with Crippen LogP contribution in [0.3, 0.4) is 0 Å². The minimum absolute atomic E-state index is 0.142. The van der Waals surface area contributed by atoms with Crippen molar-refractivity contribution < 1.29 is 23.1 Å². The van der Waals surface area contributed by atoms with Gasteiger partial charge in [-0.2, -0.15) is 13.2 Å². The highest BCUT2D eigenvalue weighted by molar-refractivity contribution is 5.79. The number of piperidine rings is 1. The van der Waals surface area contributed by atoms with E-state index in [2.05, 4.69) is 4.90 Å². The number of carbonyl (C=O) groups excluding carboxylic acids is 1. The van der Waals surface area contributed by atoms with Crippen molar-refractivity contribution in [2.24, 2.45) is 5.92 Å². The van der Waals surface area contributed by atoms with Crippen molar-refractivity contribution in [3.05, 3.63) is 0 Å². The molecule has 0 spiro atoms. The Morgan fingerprint density at radius 3 is 2.74 bits per heavy atom. The van der Waals surface area contributed by atoms with E-state index in [-0.39, 0.29) is 12.5 Å². The molecular weight excluding hydrogens is 261 g/mol. The molecule has 4 nitrogen and oxygen atoms in total. The van der Waals surface area contributed by atoms with Crippen LogP contribution >= 0.6 is 0 Å². The number of aliphatic hydroxyl groups excluding tert-OH is 1. The zero-order valence-corrected chi connectivity index (χ0v) is 10.9. The molecule has 0 aliphatic carbocycles. The van der Waals surface area contributed by atoms with Gasteiger partial charge in [0.15, 0.2) is 0 Å². The lowest BCUT2D eigenvalue weighted by molar-refractivity contribution is -0.141. The van der Waals surface area contributed by atoms with Crippen molar-refractivity contribution >= 4 is 5.91 Å². The van der Waals surface area contributed by atoms with Gasteiger partial charge in [0.2, 0.25) is 5.91 Å². The Hall–Kier alpha value is -0.820. The van der Waals surface area contributed by atoms with Crippen LogP contribution < -0.4 is 5.32 Å². The highest BCUT2D eigenvalue weighted by Gasteiger charge is 2.31. The number of hydrogen-bond donors (Lipinski definition) is 2. The summed E-state index contributed by atoms with van der Waals surface area (Å²) in [6, 6.07) is 0. The van der Waals surface area contributed by atoms with Crippen LogP contribution in [0.5, 0.6) is 0 Å². The quantitative estimate of drug-likeness (QED) is 0.719. The first-order valence-electron chi connectivity index (χ1n) is 6.60. The van der Waals surface area contributed by atoms with E-state index in [4.69, 9.17) is 5.11 Å². The lowest BCUT2D eigenvalue weighted by Crippen LogP contribution is -2.45. The lowest BCUT2D eigenvalue weighted by Gasteiger charge is -2.32. The molecule has 1 rings (SSSR count). The number of aliphatic hydroxyl groups is 1. The fourth-order valence-electron chi connectivity index (χ4n) is 2.25. The molecule has 0 aromatic rings. The number of amides is 1. The van der Waals surface area contributed by atoms with Crippen molar-refractivity contribution in [3.8, 4) is 0 Å². The van der Waals surface area contributed by atoms with Gasteiger partial charge in [0.05, 0.1) is 5.92 Å². The molecular formula is C12H21F3N2O2. The van der Waals surface area contributed by atoms with Gasteiger partial charge in [0.1, 0.15) is 6.54 Å². The third-order valence-corrected chi connectivity index (χ3v) is 3.22. The first-order valence-corrected chi connectivity index (χ1v) is 6.60. The summed E-state index contributed by atoms with van der Waals surface area (Å²) in [4.78, 5) is 13.7. The summed E-state index contributed by atoms with van der Waals surface area (Å²) < 4.78 is 36.0. The molecule has 1 fully saturated rings. The lowest BCUT2D eigenvalue weighted by atomic mass is 9.97. The average molecular weight is 282 g/mol. The normalized spacial score (nSPS) is 21.4. The summed E-state index contributed by atoms with van der Waals surface area (Å²) in [5, 5.41) is 10.6. The van der Waals surface area contributed by atoms with Crippen LogP contribution in [0.2, 0.25) is 0 Å². The standard InChI is InChI=1S/C12H21F3N2O2/c13-12(14,15)9-16-11(19)10-4-3-6-17(8-10)5-1-2-7-18/h10,18H,1-9H2,(H,16,19). The molecule has 0 bridgehead atoms. The molecule has 1 heterocycles. The minimum Gasteiger partial charge on any atom is -0.396 e. The maximum Gasteiger partial charge on any atom is 0.405 e. The van der Waals surface area contributed by atoms with Crippen LogP contribution in [0.1, 0.15) is 25.7 Å². The fourth-order valence-corrected chi connectivity index (χ4v) is 2.25. The van der Waals surface area contributed by atoms with Crippen LogP contribution in [0.4, 0.5) is 13.2 Å². The molecule has 1 aliphatic heterocycles. The molecule has 2 N–H and O–H groups in total. The second-order valence-electron chi connectivity index (χ2n) is 4.90. The van der Waals surface area contributed by atoms with E-state index in [0.29, 0.717) is 19.4 Å². The number of alkyl halides is 3. The van der Waals surface area contributed by atoms with Crippen LogP contribution in [-0.2, 0) is 4.79 Å². The maximum absolute atomic E-state index is 12.0.